The molecule has 0 aliphatic heterocycles. The average molecular weight is 376 g/mol. The largest absolute Gasteiger partial charge is 0.391 e. The Morgan fingerprint density at radius 3 is 2.78 bits per heavy atom. The molecule has 18 heavy (non-hydrogen) atoms. The van der Waals surface area contributed by atoms with Crippen LogP contribution in [0, 0.1) is 3.57 Å². The van der Waals surface area contributed by atoms with Crippen LogP contribution in [0.15, 0.2) is 6.20 Å². The van der Waals surface area contributed by atoms with Gasteiger partial charge in [-0.05, 0) is 29.0 Å². The Bertz CT molecular complexity index is 366. The second kappa shape index (κ2) is 7.32. The predicted molar refractivity (Wildman–Crippen MR) is 70.2 cm³/mol. The first kappa shape index (κ1) is 15.7. The van der Waals surface area contributed by atoms with Crippen molar-refractivity contribution in [1.82, 2.24) is 9.78 Å². The van der Waals surface area contributed by atoms with E-state index in [0.717, 1.165) is 23.0 Å². The van der Waals surface area contributed by atoms with Gasteiger partial charge in [-0.2, -0.15) is 18.3 Å². The second-order valence-corrected chi connectivity index (χ2v) is 5.12. The summed E-state index contributed by atoms with van der Waals surface area (Å²) in [6.45, 7) is 2.74. The molecule has 0 saturated carbocycles. The smallest absolute Gasteiger partial charge is 0.375 e. The fourth-order valence-electron chi connectivity index (χ4n) is 1.33. The lowest BCUT2D eigenvalue weighted by molar-refractivity contribution is -0.146. The van der Waals surface area contributed by atoms with Crippen LogP contribution in [0.5, 0.6) is 0 Å². The summed E-state index contributed by atoms with van der Waals surface area (Å²) < 4.78 is 43.4. The number of aromatic nitrogens is 2. The molecule has 0 atom stereocenters. The predicted octanol–water partition coefficient (Wildman–Crippen LogP) is 3.76. The lowest BCUT2D eigenvalue weighted by Crippen LogP contribution is -2.11. The zero-order chi connectivity index (χ0) is 13.6. The van der Waals surface area contributed by atoms with Gasteiger partial charge in [0.1, 0.15) is 5.69 Å². The second-order valence-electron chi connectivity index (χ2n) is 3.96. The maximum absolute atomic E-state index is 11.9. The Hall–Kier alpha value is -0.310. The Balaban J connectivity index is 2.35. The minimum Gasteiger partial charge on any atom is -0.375 e. The van der Waals surface area contributed by atoms with Crippen LogP contribution in [0.25, 0.3) is 0 Å². The molecule has 0 aromatic carbocycles. The molecule has 0 radical (unpaired) electrons. The highest BCUT2D eigenvalue weighted by molar-refractivity contribution is 14.1. The standard InChI is InChI=1S/C11H16F3IN2O/c1-2-3-5-17-7-9(15)10(16-17)8-18-6-4-11(12,13)14/h7H,2-6,8H2,1H3. The van der Waals surface area contributed by atoms with E-state index in [-0.39, 0.29) is 13.2 Å². The number of nitrogens with zero attached hydrogens (tertiary/aromatic N) is 2. The maximum atomic E-state index is 11.9. The van der Waals surface area contributed by atoms with Gasteiger partial charge in [0.15, 0.2) is 0 Å². The molecule has 0 fully saturated rings. The zero-order valence-corrected chi connectivity index (χ0v) is 12.3. The molecule has 0 spiro atoms. The highest BCUT2D eigenvalue weighted by Crippen LogP contribution is 2.19. The monoisotopic (exact) mass is 376 g/mol. The van der Waals surface area contributed by atoms with Gasteiger partial charge in [-0.15, -0.1) is 0 Å². The third-order valence-electron chi connectivity index (χ3n) is 2.30. The minimum atomic E-state index is -4.16. The number of hydrogen-bond acceptors (Lipinski definition) is 2. The first-order valence-electron chi connectivity index (χ1n) is 5.78. The molecule has 1 heterocycles. The van der Waals surface area contributed by atoms with Crippen molar-refractivity contribution in [3.8, 4) is 0 Å². The zero-order valence-electron chi connectivity index (χ0n) is 10.1. The number of ether oxygens (including phenoxy) is 1. The fourth-order valence-corrected chi connectivity index (χ4v) is 1.91. The van der Waals surface area contributed by atoms with Crippen molar-refractivity contribution in [2.24, 2.45) is 0 Å². The molecule has 7 heteroatoms. The van der Waals surface area contributed by atoms with Gasteiger partial charge < -0.3 is 4.74 Å². The topological polar surface area (TPSA) is 27.1 Å². The van der Waals surface area contributed by atoms with Crippen LogP contribution in [-0.4, -0.2) is 22.6 Å². The Labute approximate surface area is 118 Å². The third kappa shape index (κ3) is 6.03. The highest BCUT2D eigenvalue weighted by Gasteiger charge is 2.26. The van der Waals surface area contributed by atoms with Crippen molar-refractivity contribution in [3.05, 3.63) is 15.5 Å². The van der Waals surface area contributed by atoms with Gasteiger partial charge in [0.2, 0.25) is 0 Å². The molecule has 0 aliphatic rings. The lowest BCUT2D eigenvalue weighted by atomic mass is 10.3. The normalized spacial score (nSPS) is 12.1. The van der Waals surface area contributed by atoms with E-state index in [0.29, 0.717) is 5.69 Å². The van der Waals surface area contributed by atoms with Crippen LogP contribution in [0.1, 0.15) is 31.9 Å². The molecule has 0 saturated heterocycles. The number of aryl methyl sites for hydroxylation is 1. The van der Waals surface area contributed by atoms with Crippen LogP contribution in [0.2, 0.25) is 0 Å². The molecule has 0 aliphatic carbocycles. The molecule has 0 N–H and O–H groups in total. The number of hydrogen-bond donors (Lipinski definition) is 0. The SMILES string of the molecule is CCCCn1cc(I)c(COCCC(F)(F)F)n1. The van der Waals surface area contributed by atoms with Crippen molar-refractivity contribution in [1.29, 1.82) is 0 Å². The van der Waals surface area contributed by atoms with Crippen LogP contribution < -0.4 is 0 Å². The molecule has 3 nitrogen and oxygen atoms in total. The Morgan fingerprint density at radius 2 is 2.17 bits per heavy atom. The lowest BCUT2D eigenvalue weighted by Gasteiger charge is -2.06. The molecule has 104 valence electrons. The van der Waals surface area contributed by atoms with Gasteiger partial charge in [0.05, 0.1) is 23.2 Å². The van der Waals surface area contributed by atoms with Gasteiger partial charge >= 0.3 is 6.18 Å². The van der Waals surface area contributed by atoms with Crippen LogP contribution in [0.3, 0.4) is 0 Å². The first-order chi connectivity index (χ1) is 8.42. The van der Waals surface area contributed by atoms with E-state index < -0.39 is 12.6 Å². The van der Waals surface area contributed by atoms with Crippen molar-refractivity contribution >= 4 is 22.6 Å². The highest BCUT2D eigenvalue weighted by atomic mass is 127. The summed E-state index contributed by atoms with van der Waals surface area (Å²) in [5.41, 5.74) is 0.703. The maximum Gasteiger partial charge on any atom is 0.391 e. The molecule has 0 bridgehead atoms. The summed E-state index contributed by atoms with van der Waals surface area (Å²) in [5.74, 6) is 0. The van der Waals surface area contributed by atoms with Crippen LogP contribution in [0.4, 0.5) is 13.2 Å². The number of halogens is 4. The summed E-state index contributed by atoms with van der Waals surface area (Å²) in [6.07, 6.45) is -1.08. The molecule has 0 unspecified atom stereocenters. The van der Waals surface area contributed by atoms with E-state index in [1.54, 1.807) is 0 Å². The average Bonchev–Trinajstić information content (AvgIpc) is 2.61. The van der Waals surface area contributed by atoms with Crippen LogP contribution in [-0.2, 0) is 17.9 Å². The Morgan fingerprint density at radius 1 is 1.44 bits per heavy atom. The first-order valence-corrected chi connectivity index (χ1v) is 6.86. The van der Waals surface area contributed by atoms with E-state index in [9.17, 15) is 13.2 Å². The summed E-state index contributed by atoms with van der Waals surface area (Å²) in [7, 11) is 0. The van der Waals surface area contributed by atoms with Gasteiger partial charge in [-0.3, -0.25) is 4.68 Å². The molecule has 0 amide bonds. The Kier molecular flexibility index (Phi) is 6.40. The molecule has 1 rings (SSSR count). The van der Waals surface area contributed by atoms with E-state index in [1.165, 1.54) is 0 Å². The van der Waals surface area contributed by atoms with Gasteiger partial charge in [0.25, 0.3) is 0 Å². The molecule has 1 aromatic rings. The van der Waals surface area contributed by atoms with Crippen molar-refractivity contribution in [2.45, 2.75) is 45.5 Å². The molecular weight excluding hydrogens is 360 g/mol. The molecular formula is C11H16F3IN2O. The summed E-state index contributed by atoms with van der Waals surface area (Å²) >= 11 is 2.12. The van der Waals surface area contributed by atoms with Crippen molar-refractivity contribution in [2.75, 3.05) is 6.61 Å². The molecule has 1 aromatic heterocycles. The van der Waals surface area contributed by atoms with Crippen molar-refractivity contribution < 1.29 is 17.9 Å². The number of rotatable bonds is 7. The van der Waals surface area contributed by atoms with Gasteiger partial charge in [0, 0.05) is 12.7 Å². The summed E-state index contributed by atoms with van der Waals surface area (Å²) in [5, 5.41) is 4.28. The van der Waals surface area contributed by atoms with Gasteiger partial charge in [-0.1, -0.05) is 13.3 Å². The van der Waals surface area contributed by atoms with Crippen LogP contribution >= 0.6 is 22.6 Å². The number of unbranched alkanes of at least 4 members (excludes halogenated alkanes) is 1. The third-order valence-corrected chi connectivity index (χ3v) is 3.20. The summed E-state index contributed by atoms with van der Waals surface area (Å²) in [4.78, 5) is 0. The quantitative estimate of drug-likeness (QED) is 0.535. The van der Waals surface area contributed by atoms with Crippen molar-refractivity contribution in [3.63, 3.8) is 0 Å². The number of alkyl halides is 3. The van der Waals surface area contributed by atoms with E-state index in [2.05, 4.69) is 34.6 Å². The fraction of sp³-hybridized carbons (Fsp3) is 0.727. The van der Waals surface area contributed by atoms with E-state index >= 15 is 0 Å². The van der Waals surface area contributed by atoms with Gasteiger partial charge in [-0.25, -0.2) is 0 Å². The van der Waals surface area contributed by atoms with E-state index in [1.807, 2.05) is 10.9 Å². The van der Waals surface area contributed by atoms with E-state index in [4.69, 9.17) is 4.74 Å². The summed E-state index contributed by atoms with van der Waals surface area (Å²) in [6, 6.07) is 0. The minimum absolute atomic E-state index is 0.132.